The molecule has 0 aromatic carbocycles. The van der Waals surface area contributed by atoms with Crippen LogP contribution in [0, 0.1) is 6.92 Å². The van der Waals surface area contributed by atoms with E-state index >= 15 is 0 Å². The minimum atomic E-state index is 0.0180. The zero-order valence-corrected chi connectivity index (χ0v) is 13.4. The highest BCUT2D eigenvalue weighted by Gasteiger charge is 2.24. The number of carbonyl (C=O) groups is 1. The number of hydrogen-bond donors (Lipinski definition) is 0. The van der Waals surface area contributed by atoms with Crippen molar-refractivity contribution in [2.45, 2.75) is 13.5 Å². The second kappa shape index (κ2) is 6.10. The number of piperazine rings is 1. The van der Waals surface area contributed by atoms with Crippen LogP contribution >= 0.6 is 11.6 Å². The SMILES string of the molecule is Cc1nc(CN2CCN(C(=O)c3cc(Cl)cn3C)CC2)no1. The van der Waals surface area contributed by atoms with E-state index in [1.165, 1.54) is 0 Å². The lowest BCUT2D eigenvalue weighted by Crippen LogP contribution is -2.48. The van der Waals surface area contributed by atoms with Crippen molar-refractivity contribution in [3.05, 3.63) is 34.7 Å². The van der Waals surface area contributed by atoms with Crippen molar-refractivity contribution in [2.75, 3.05) is 26.2 Å². The molecule has 0 atom stereocenters. The van der Waals surface area contributed by atoms with E-state index in [1.807, 2.05) is 11.9 Å². The van der Waals surface area contributed by atoms with E-state index in [0.717, 1.165) is 13.1 Å². The van der Waals surface area contributed by atoms with Gasteiger partial charge in [0.1, 0.15) is 5.69 Å². The molecule has 118 valence electrons. The number of aryl methyl sites for hydroxylation is 2. The Morgan fingerprint density at radius 3 is 2.64 bits per heavy atom. The summed E-state index contributed by atoms with van der Waals surface area (Å²) in [4.78, 5) is 20.8. The molecule has 0 saturated carbocycles. The molecule has 3 heterocycles. The van der Waals surface area contributed by atoms with Crippen LogP contribution in [0.15, 0.2) is 16.8 Å². The smallest absolute Gasteiger partial charge is 0.270 e. The average Bonchev–Trinajstić information content (AvgIpc) is 3.04. The molecule has 0 spiro atoms. The molecule has 8 heteroatoms. The molecule has 0 radical (unpaired) electrons. The molecule has 1 fully saturated rings. The van der Waals surface area contributed by atoms with Crippen LogP contribution in [0.2, 0.25) is 5.02 Å². The quantitative estimate of drug-likeness (QED) is 0.852. The summed E-state index contributed by atoms with van der Waals surface area (Å²) in [5, 5.41) is 4.48. The molecule has 1 amide bonds. The van der Waals surface area contributed by atoms with E-state index in [2.05, 4.69) is 15.0 Å². The van der Waals surface area contributed by atoms with Crippen molar-refractivity contribution in [2.24, 2.45) is 7.05 Å². The molecule has 2 aromatic rings. The minimum Gasteiger partial charge on any atom is -0.345 e. The Kier molecular flexibility index (Phi) is 4.17. The highest BCUT2D eigenvalue weighted by atomic mass is 35.5. The van der Waals surface area contributed by atoms with Gasteiger partial charge in [0.05, 0.1) is 11.6 Å². The standard InChI is InChI=1S/C14H18ClN5O2/c1-10-16-13(17-22-10)9-19-3-5-20(6-4-19)14(21)12-7-11(15)8-18(12)2/h7-8H,3-6,9H2,1-2H3. The average molecular weight is 324 g/mol. The van der Waals surface area contributed by atoms with E-state index in [-0.39, 0.29) is 5.91 Å². The molecule has 1 aliphatic rings. The fourth-order valence-electron chi connectivity index (χ4n) is 2.61. The number of carbonyl (C=O) groups excluding carboxylic acids is 1. The number of nitrogens with zero attached hydrogens (tertiary/aromatic N) is 5. The lowest BCUT2D eigenvalue weighted by atomic mass is 10.2. The molecular formula is C14H18ClN5O2. The van der Waals surface area contributed by atoms with Crippen LogP contribution in [-0.2, 0) is 13.6 Å². The maximum absolute atomic E-state index is 12.5. The molecule has 1 saturated heterocycles. The summed E-state index contributed by atoms with van der Waals surface area (Å²) in [6, 6.07) is 1.71. The number of halogens is 1. The fraction of sp³-hybridized carbons (Fsp3) is 0.500. The van der Waals surface area contributed by atoms with Crippen molar-refractivity contribution in [1.29, 1.82) is 0 Å². The Morgan fingerprint density at radius 1 is 1.36 bits per heavy atom. The van der Waals surface area contributed by atoms with Crippen LogP contribution in [0.5, 0.6) is 0 Å². The van der Waals surface area contributed by atoms with Crippen molar-refractivity contribution >= 4 is 17.5 Å². The van der Waals surface area contributed by atoms with E-state index < -0.39 is 0 Å². The molecule has 0 N–H and O–H groups in total. The third kappa shape index (κ3) is 3.15. The predicted molar refractivity (Wildman–Crippen MR) is 80.6 cm³/mol. The predicted octanol–water partition coefficient (Wildman–Crippen LogP) is 1.33. The molecule has 1 aliphatic heterocycles. The Hall–Kier alpha value is -1.86. The highest BCUT2D eigenvalue weighted by Crippen LogP contribution is 2.16. The van der Waals surface area contributed by atoms with Gasteiger partial charge >= 0.3 is 0 Å². The number of rotatable bonds is 3. The Morgan fingerprint density at radius 2 is 2.09 bits per heavy atom. The monoisotopic (exact) mass is 323 g/mol. The van der Waals surface area contributed by atoms with Crippen molar-refractivity contribution < 1.29 is 9.32 Å². The van der Waals surface area contributed by atoms with Gasteiger partial charge in [-0.15, -0.1) is 0 Å². The molecule has 7 nitrogen and oxygen atoms in total. The van der Waals surface area contributed by atoms with Crippen molar-refractivity contribution in [1.82, 2.24) is 24.5 Å². The van der Waals surface area contributed by atoms with E-state index in [9.17, 15) is 4.79 Å². The normalized spacial score (nSPS) is 16.2. The Labute approximate surface area is 133 Å². The van der Waals surface area contributed by atoms with Gasteiger partial charge in [-0.25, -0.2) is 0 Å². The van der Waals surface area contributed by atoms with Crippen LogP contribution < -0.4 is 0 Å². The molecule has 0 aliphatic carbocycles. The number of amides is 1. The molecule has 0 bridgehead atoms. The maximum atomic E-state index is 12.5. The van der Waals surface area contributed by atoms with Crippen LogP contribution in [0.1, 0.15) is 22.2 Å². The van der Waals surface area contributed by atoms with E-state index in [4.69, 9.17) is 16.1 Å². The second-order valence-electron chi connectivity index (χ2n) is 5.45. The molecule has 3 rings (SSSR count). The van der Waals surface area contributed by atoms with Gasteiger partial charge in [-0.2, -0.15) is 4.98 Å². The highest BCUT2D eigenvalue weighted by molar-refractivity contribution is 6.31. The third-order valence-corrected chi connectivity index (χ3v) is 3.99. The number of hydrogen-bond acceptors (Lipinski definition) is 5. The summed E-state index contributed by atoms with van der Waals surface area (Å²) < 4.78 is 6.73. The summed E-state index contributed by atoms with van der Waals surface area (Å²) >= 11 is 5.94. The van der Waals surface area contributed by atoms with Gasteiger partial charge in [-0.05, 0) is 6.07 Å². The van der Waals surface area contributed by atoms with Gasteiger partial charge in [0.15, 0.2) is 5.82 Å². The molecule has 2 aromatic heterocycles. The Balaban J connectivity index is 1.57. The topological polar surface area (TPSA) is 67.4 Å². The summed E-state index contributed by atoms with van der Waals surface area (Å²) in [6.45, 7) is 5.36. The van der Waals surface area contributed by atoms with Gasteiger partial charge in [-0.3, -0.25) is 9.69 Å². The van der Waals surface area contributed by atoms with Crippen molar-refractivity contribution in [3.8, 4) is 0 Å². The van der Waals surface area contributed by atoms with Gasteiger partial charge in [-0.1, -0.05) is 16.8 Å². The van der Waals surface area contributed by atoms with Gasteiger partial charge in [0.25, 0.3) is 5.91 Å². The maximum Gasteiger partial charge on any atom is 0.270 e. The van der Waals surface area contributed by atoms with Crippen LogP contribution in [0.4, 0.5) is 0 Å². The first-order valence-corrected chi connectivity index (χ1v) is 7.53. The minimum absolute atomic E-state index is 0.0180. The molecule has 0 unspecified atom stereocenters. The van der Waals surface area contributed by atoms with Crippen LogP contribution in [-0.4, -0.2) is 56.6 Å². The first-order valence-electron chi connectivity index (χ1n) is 7.15. The summed E-state index contributed by atoms with van der Waals surface area (Å²) in [5.74, 6) is 1.28. The lowest BCUT2D eigenvalue weighted by Gasteiger charge is -2.34. The van der Waals surface area contributed by atoms with Crippen molar-refractivity contribution in [3.63, 3.8) is 0 Å². The summed E-state index contributed by atoms with van der Waals surface area (Å²) in [7, 11) is 1.83. The third-order valence-electron chi connectivity index (χ3n) is 3.78. The van der Waals surface area contributed by atoms with Crippen LogP contribution in [0.25, 0.3) is 0 Å². The summed E-state index contributed by atoms with van der Waals surface area (Å²) in [6.07, 6.45) is 1.74. The molecular weight excluding hydrogens is 306 g/mol. The Bertz CT molecular complexity index is 673. The first-order chi connectivity index (χ1) is 10.5. The lowest BCUT2D eigenvalue weighted by molar-refractivity contribution is 0.0615. The van der Waals surface area contributed by atoms with Gasteiger partial charge in [0.2, 0.25) is 5.89 Å². The second-order valence-corrected chi connectivity index (χ2v) is 5.89. The fourth-order valence-corrected chi connectivity index (χ4v) is 2.86. The van der Waals surface area contributed by atoms with Gasteiger partial charge in [0, 0.05) is 46.3 Å². The molecule has 22 heavy (non-hydrogen) atoms. The zero-order chi connectivity index (χ0) is 15.7. The van der Waals surface area contributed by atoms with Crippen LogP contribution in [0.3, 0.4) is 0 Å². The first kappa shape index (κ1) is 15.1. The largest absolute Gasteiger partial charge is 0.345 e. The van der Waals surface area contributed by atoms with E-state index in [0.29, 0.717) is 42.1 Å². The zero-order valence-electron chi connectivity index (χ0n) is 12.6. The number of aromatic nitrogens is 3. The summed E-state index contributed by atoms with van der Waals surface area (Å²) in [5.41, 5.74) is 0.618. The van der Waals surface area contributed by atoms with E-state index in [1.54, 1.807) is 23.8 Å². The van der Waals surface area contributed by atoms with Gasteiger partial charge < -0.3 is 14.0 Å².